The second-order valence-corrected chi connectivity index (χ2v) is 7.35. The van der Waals surface area contributed by atoms with Gasteiger partial charge in [0.05, 0.1) is 25.5 Å². The van der Waals surface area contributed by atoms with Crippen molar-refractivity contribution in [3.63, 3.8) is 0 Å². The van der Waals surface area contributed by atoms with Gasteiger partial charge in [-0.3, -0.25) is 4.99 Å². The second-order valence-electron chi connectivity index (χ2n) is 5.09. The van der Waals surface area contributed by atoms with E-state index in [2.05, 4.69) is 15.6 Å². The zero-order chi connectivity index (χ0) is 18.7. The molecule has 11 heteroatoms. The fourth-order valence-corrected chi connectivity index (χ4v) is 2.12. The lowest BCUT2D eigenvalue weighted by Crippen LogP contribution is -2.40. The number of benzene rings is 1. The predicted molar refractivity (Wildman–Crippen MR) is 107 cm³/mol. The highest BCUT2D eigenvalue weighted by Crippen LogP contribution is 2.17. The third-order valence-electron chi connectivity index (χ3n) is 2.91. The molecular formula is C15H24F2IN3O4S. The third kappa shape index (κ3) is 11.4. The van der Waals surface area contributed by atoms with Crippen LogP contribution < -0.4 is 15.4 Å². The molecule has 0 unspecified atom stereocenters. The molecule has 26 heavy (non-hydrogen) atoms. The first kappa shape index (κ1) is 24.8. The molecule has 0 aromatic heterocycles. The maximum Gasteiger partial charge on any atom is 0.191 e. The largest absolute Gasteiger partial charge is 0.489 e. The van der Waals surface area contributed by atoms with E-state index in [0.717, 1.165) is 18.4 Å². The number of rotatable bonds is 10. The van der Waals surface area contributed by atoms with Crippen LogP contribution in [0.15, 0.2) is 23.2 Å². The Morgan fingerprint density at radius 1 is 1.15 bits per heavy atom. The van der Waals surface area contributed by atoms with E-state index in [1.165, 1.54) is 6.07 Å². The number of aliphatic imine (C=N–C) groups is 1. The maximum atomic E-state index is 13.4. The van der Waals surface area contributed by atoms with Gasteiger partial charge in [-0.05, 0) is 12.1 Å². The SMILES string of the molecule is CN=C(NCCOCCS(C)(=O)=O)NCCOc1ccc(F)cc1F.I. The number of ether oxygens (including phenoxy) is 2. The number of guanidine groups is 1. The molecule has 0 heterocycles. The highest BCUT2D eigenvalue weighted by Gasteiger charge is 2.05. The van der Waals surface area contributed by atoms with Crippen molar-refractivity contribution in [3.05, 3.63) is 29.8 Å². The van der Waals surface area contributed by atoms with Gasteiger partial charge in [0.15, 0.2) is 17.5 Å². The Balaban J connectivity index is 0.00000625. The number of hydrogen-bond acceptors (Lipinski definition) is 5. The molecule has 2 N–H and O–H groups in total. The fourth-order valence-electron chi connectivity index (χ4n) is 1.70. The summed E-state index contributed by atoms with van der Waals surface area (Å²) in [6, 6.07) is 3.11. The van der Waals surface area contributed by atoms with Gasteiger partial charge in [-0.25, -0.2) is 17.2 Å². The van der Waals surface area contributed by atoms with Gasteiger partial charge in [0.25, 0.3) is 0 Å². The number of hydrogen-bond donors (Lipinski definition) is 2. The van der Waals surface area contributed by atoms with Crippen LogP contribution in [-0.2, 0) is 14.6 Å². The van der Waals surface area contributed by atoms with Crippen molar-refractivity contribution >= 4 is 39.8 Å². The van der Waals surface area contributed by atoms with Gasteiger partial charge < -0.3 is 20.1 Å². The molecule has 0 saturated carbocycles. The van der Waals surface area contributed by atoms with Crippen LogP contribution in [-0.4, -0.2) is 66.3 Å². The van der Waals surface area contributed by atoms with E-state index in [0.29, 0.717) is 25.7 Å². The number of nitrogens with one attached hydrogen (secondary N) is 2. The summed E-state index contributed by atoms with van der Waals surface area (Å²) in [6.07, 6.45) is 1.15. The Labute approximate surface area is 169 Å². The van der Waals surface area contributed by atoms with Gasteiger partial charge >= 0.3 is 0 Å². The van der Waals surface area contributed by atoms with Crippen molar-refractivity contribution in [1.82, 2.24) is 10.6 Å². The van der Waals surface area contributed by atoms with Crippen LogP contribution in [0.4, 0.5) is 8.78 Å². The number of halogens is 3. The average molecular weight is 507 g/mol. The van der Waals surface area contributed by atoms with E-state index in [4.69, 9.17) is 9.47 Å². The van der Waals surface area contributed by atoms with E-state index < -0.39 is 21.5 Å². The Hall–Kier alpha value is -1.21. The topological polar surface area (TPSA) is 89.0 Å². The lowest BCUT2D eigenvalue weighted by Gasteiger charge is -2.13. The van der Waals surface area contributed by atoms with E-state index in [1.54, 1.807) is 7.05 Å². The summed E-state index contributed by atoms with van der Waals surface area (Å²) < 4.78 is 58.4. The molecule has 0 aliphatic carbocycles. The highest BCUT2D eigenvalue weighted by atomic mass is 127. The zero-order valence-corrected chi connectivity index (χ0v) is 17.8. The molecule has 1 aromatic rings. The lowest BCUT2D eigenvalue weighted by molar-refractivity contribution is 0.154. The zero-order valence-electron chi connectivity index (χ0n) is 14.6. The monoisotopic (exact) mass is 507 g/mol. The molecule has 0 saturated heterocycles. The quantitative estimate of drug-likeness (QED) is 0.214. The van der Waals surface area contributed by atoms with Crippen molar-refractivity contribution in [2.24, 2.45) is 4.99 Å². The first-order valence-corrected chi connectivity index (χ1v) is 9.65. The standard InChI is InChI=1S/C15H23F2N3O4S.HI/c1-18-15(19-5-7-23-9-10-25(2,21)22)20-6-8-24-14-4-3-12(16)11-13(14)17;/h3-4,11H,5-10H2,1-2H3,(H2,18,19,20);1H. The first-order chi connectivity index (χ1) is 11.8. The average Bonchev–Trinajstić information content (AvgIpc) is 2.53. The molecule has 0 bridgehead atoms. The number of sulfone groups is 1. The molecule has 1 rings (SSSR count). The first-order valence-electron chi connectivity index (χ1n) is 7.59. The molecule has 0 amide bonds. The lowest BCUT2D eigenvalue weighted by atomic mass is 10.3. The molecular weight excluding hydrogens is 483 g/mol. The Kier molecular flexibility index (Phi) is 12.4. The van der Waals surface area contributed by atoms with Crippen molar-refractivity contribution in [3.8, 4) is 5.75 Å². The molecule has 0 aliphatic heterocycles. The van der Waals surface area contributed by atoms with Crippen LogP contribution >= 0.6 is 24.0 Å². The molecule has 7 nitrogen and oxygen atoms in total. The molecule has 150 valence electrons. The summed E-state index contributed by atoms with van der Waals surface area (Å²) in [5.41, 5.74) is 0. The minimum atomic E-state index is -3.02. The summed E-state index contributed by atoms with van der Waals surface area (Å²) in [5, 5.41) is 5.92. The molecule has 0 radical (unpaired) electrons. The predicted octanol–water partition coefficient (Wildman–Crippen LogP) is 1.19. The second kappa shape index (κ2) is 13.0. The van der Waals surface area contributed by atoms with E-state index >= 15 is 0 Å². The van der Waals surface area contributed by atoms with Crippen LogP contribution in [0.2, 0.25) is 0 Å². The summed E-state index contributed by atoms with van der Waals surface area (Å²) in [4.78, 5) is 3.98. The van der Waals surface area contributed by atoms with Gasteiger partial charge in [0.1, 0.15) is 22.3 Å². The summed E-state index contributed by atoms with van der Waals surface area (Å²) >= 11 is 0. The van der Waals surface area contributed by atoms with Gasteiger partial charge in [-0.15, -0.1) is 24.0 Å². The smallest absolute Gasteiger partial charge is 0.191 e. The molecule has 0 spiro atoms. The van der Waals surface area contributed by atoms with Crippen LogP contribution in [0.1, 0.15) is 0 Å². The minimum Gasteiger partial charge on any atom is -0.489 e. The van der Waals surface area contributed by atoms with E-state index in [9.17, 15) is 17.2 Å². The van der Waals surface area contributed by atoms with Crippen LogP contribution in [0.5, 0.6) is 5.75 Å². The highest BCUT2D eigenvalue weighted by molar-refractivity contribution is 14.0. The van der Waals surface area contributed by atoms with Crippen molar-refractivity contribution in [2.45, 2.75) is 0 Å². The van der Waals surface area contributed by atoms with Crippen molar-refractivity contribution in [1.29, 1.82) is 0 Å². The van der Waals surface area contributed by atoms with Gasteiger partial charge in [-0.1, -0.05) is 0 Å². The Bertz CT molecular complexity index is 675. The van der Waals surface area contributed by atoms with Crippen molar-refractivity contribution < 1.29 is 26.7 Å². The maximum absolute atomic E-state index is 13.4. The third-order valence-corrected chi connectivity index (χ3v) is 3.82. The van der Waals surface area contributed by atoms with Gasteiger partial charge in [0, 0.05) is 25.9 Å². The Morgan fingerprint density at radius 3 is 2.38 bits per heavy atom. The summed E-state index contributed by atoms with van der Waals surface area (Å²) in [5.74, 6) is -0.961. The molecule has 0 aliphatic rings. The van der Waals surface area contributed by atoms with Gasteiger partial charge in [0.2, 0.25) is 0 Å². The summed E-state index contributed by atoms with van der Waals surface area (Å²) in [6.45, 7) is 1.42. The Morgan fingerprint density at radius 2 is 1.81 bits per heavy atom. The fraction of sp³-hybridized carbons (Fsp3) is 0.533. The molecule has 0 fully saturated rings. The van der Waals surface area contributed by atoms with Crippen LogP contribution in [0.25, 0.3) is 0 Å². The summed E-state index contributed by atoms with van der Waals surface area (Å²) in [7, 11) is -1.43. The van der Waals surface area contributed by atoms with E-state index in [1.807, 2.05) is 0 Å². The van der Waals surface area contributed by atoms with Gasteiger partial charge in [-0.2, -0.15) is 0 Å². The minimum absolute atomic E-state index is 0. The van der Waals surface area contributed by atoms with Crippen molar-refractivity contribution in [2.75, 3.05) is 52.0 Å². The van der Waals surface area contributed by atoms with Crippen LogP contribution in [0, 0.1) is 11.6 Å². The van der Waals surface area contributed by atoms with Crippen LogP contribution in [0.3, 0.4) is 0 Å². The normalized spacial score (nSPS) is 11.6. The van der Waals surface area contributed by atoms with E-state index in [-0.39, 0.29) is 48.7 Å². The molecule has 0 atom stereocenters. The molecule has 1 aromatic carbocycles. The number of nitrogens with zero attached hydrogens (tertiary/aromatic N) is 1.